The van der Waals surface area contributed by atoms with Gasteiger partial charge in [0, 0.05) is 32.0 Å². The molecule has 1 amide bonds. The van der Waals surface area contributed by atoms with Crippen molar-refractivity contribution in [3.8, 4) is 5.75 Å². The fourth-order valence-corrected chi connectivity index (χ4v) is 3.04. The Labute approximate surface area is 153 Å². The number of carbonyl (C=O) groups excluding carboxylic acids is 1. The van der Waals surface area contributed by atoms with Crippen LogP contribution in [0.2, 0.25) is 0 Å². The van der Waals surface area contributed by atoms with Crippen molar-refractivity contribution < 1.29 is 14.6 Å². The smallest absolute Gasteiger partial charge is 0.223 e. The minimum Gasteiger partial charge on any atom is -0.493 e. The van der Waals surface area contributed by atoms with E-state index in [1.54, 1.807) is 18.6 Å². The number of nitrogens with one attached hydrogen (secondary N) is 1. The minimum atomic E-state index is -0.967. The molecule has 138 valence electrons. The lowest BCUT2D eigenvalue weighted by molar-refractivity contribution is -0.123. The van der Waals surface area contributed by atoms with Crippen LogP contribution in [-0.2, 0) is 4.79 Å². The van der Waals surface area contributed by atoms with E-state index in [2.05, 4.69) is 15.3 Å². The van der Waals surface area contributed by atoms with Gasteiger partial charge < -0.3 is 20.1 Å². The van der Waals surface area contributed by atoms with Gasteiger partial charge in [0.25, 0.3) is 0 Å². The molecular formula is C19H24N4O3. The van der Waals surface area contributed by atoms with Crippen LogP contribution in [0.3, 0.4) is 0 Å². The molecule has 0 spiro atoms. The summed E-state index contributed by atoms with van der Waals surface area (Å²) in [5, 5.41) is 13.6. The third-order valence-corrected chi connectivity index (χ3v) is 4.38. The lowest BCUT2D eigenvalue weighted by Gasteiger charge is -2.39. The number of aromatic nitrogens is 2. The van der Waals surface area contributed by atoms with Crippen molar-refractivity contribution in [3.05, 3.63) is 48.9 Å². The molecule has 0 radical (unpaired) electrons. The highest BCUT2D eigenvalue weighted by atomic mass is 16.5. The number of amides is 1. The van der Waals surface area contributed by atoms with Gasteiger partial charge in [-0.2, -0.15) is 0 Å². The molecule has 0 bridgehead atoms. The molecule has 1 atom stereocenters. The quantitative estimate of drug-likeness (QED) is 0.780. The van der Waals surface area contributed by atoms with Gasteiger partial charge in [-0.05, 0) is 25.0 Å². The predicted molar refractivity (Wildman–Crippen MR) is 98.0 cm³/mol. The normalized spacial score (nSPS) is 19.8. The molecule has 0 aliphatic carbocycles. The van der Waals surface area contributed by atoms with Crippen LogP contribution in [0.4, 0.5) is 5.82 Å². The van der Waals surface area contributed by atoms with E-state index in [0.717, 1.165) is 24.5 Å². The first-order chi connectivity index (χ1) is 12.6. The van der Waals surface area contributed by atoms with Crippen LogP contribution in [0.25, 0.3) is 0 Å². The average Bonchev–Trinajstić information content (AvgIpc) is 2.68. The lowest BCUT2D eigenvalue weighted by Crippen LogP contribution is -2.54. The number of piperidine rings is 1. The molecular weight excluding hydrogens is 332 g/mol. The first-order valence-corrected chi connectivity index (χ1v) is 8.83. The van der Waals surface area contributed by atoms with Gasteiger partial charge in [0.2, 0.25) is 5.91 Å². The first kappa shape index (κ1) is 18.1. The van der Waals surface area contributed by atoms with E-state index in [1.807, 2.05) is 35.2 Å². The molecule has 26 heavy (non-hydrogen) atoms. The second-order valence-electron chi connectivity index (χ2n) is 6.50. The van der Waals surface area contributed by atoms with Crippen LogP contribution >= 0.6 is 0 Å². The van der Waals surface area contributed by atoms with Gasteiger partial charge >= 0.3 is 0 Å². The molecule has 3 rings (SSSR count). The Bertz CT molecular complexity index is 698. The van der Waals surface area contributed by atoms with Crippen molar-refractivity contribution in [2.75, 3.05) is 31.1 Å². The number of carbonyl (C=O) groups is 1. The summed E-state index contributed by atoms with van der Waals surface area (Å²) in [7, 11) is 0. The molecule has 1 unspecified atom stereocenters. The largest absolute Gasteiger partial charge is 0.493 e. The van der Waals surface area contributed by atoms with Crippen molar-refractivity contribution in [3.63, 3.8) is 0 Å². The number of β-amino-alcohol motifs (C(OH)–C–C–N with tert-alkyl or cyclic N) is 1. The zero-order valence-electron chi connectivity index (χ0n) is 14.7. The average molecular weight is 356 g/mol. The number of hydrogen-bond donors (Lipinski definition) is 2. The fraction of sp³-hybridized carbons (Fsp3) is 0.421. The van der Waals surface area contributed by atoms with E-state index in [4.69, 9.17) is 4.74 Å². The molecule has 1 aliphatic heterocycles. The van der Waals surface area contributed by atoms with Gasteiger partial charge in [0.05, 0.1) is 24.8 Å². The Morgan fingerprint density at radius 2 is 2.15 bits per heavy atom. The van der Waals surface area contributed by atoms with E-state index in [1.165, 1.54) is 0 Å². The fourth-order valence-electron chi connectivity index (χ4n) is 3.04. The van der Waals surface area contributed by atoms with Crippen molar-refractivity contribution in [2.45, 2.75) is 24.9 Å². The number of aliphatic hydroxyl groups is 1. The second-order valence-corrected chi connectivity index (χ2v) is 6.50. The Balaban J connectivity index is 1.43. The number of para-hydroxylation sites is 1. The van der Waals surface area contributed by atoms with Crippen molar-refractivity contribution >= 4 is 11.7 Å². The van der Waals surface area contributed by atoms with Crippen LogP contribution in [0.1, 0.15) is 19.3 Å². The lowest BCUT2D eigenvalue weighted by atomic mass is 9.92. The zero-order chi connectivity index (χ0) is 18.2. The number of hydrogen-bond acceptors (Lipinski definition) is 6. The molecule has 7 heteroatoms. The van der Waals surface area contributed by atoms with E-state index in [0.29, 0.717) is 19.6 Å². The molecule has 1 aromatic carbocycles. The van der Waals surface area contributed by atoms with Crippen LogP contribution < -0.4 is 15.0 Å². The third kappa shape index (κ3) is 5.16. The van der Waals surface area contributed by atoms with Gasteiger partial charge in [0.1, 0.15) is 11.6 Å². The Kier molecular flexibility index (Phi) is 6.01. The molecule has 1 aliphatic rings. The second kappa shape index (κ2) is 8.62. The number of ether oxygens (including phenoxy) is 1. The van der Waals surface area contributed by atoms with Crippen LogP contribution in [-0.4, -0.2) is 52.8 Å². The molecule has 1 fully saturated rings. The van der Waals surface area contributed by atoms with Gasteiger partial charge in [-0.15, -0.1) is 0 Å². The first-order valence-electron chi connectivity index (χ1n) is 8.83. The summed E-state index contributed by atoms with van der Waals surface area (Å²) in [4.78, 5) is 22.4. The molecule has 2 heterocycles. The minimum absolute atomic E-state index is 0.133. The summed E-state index contributed by atoms with van der Waals surface area (Å²) < 4.78 is 5.52. The van der Waals surface area contributed by atoms with Gasteiger partial charge in [-0.1, -0.05) is 18.2 Å². The monoisotopic (exact) mass is 356 g/mol. The van der Waals surface area contributed by atoms with Gasteiger partial charge in [-0.3, -0.25) is 9.78 Å². The molecule has 2 N–H and O–H groups in total. The number of benzene rings is 1. The number of nitrogens with zero attached hydrogens (tertiary/aromatic N) is 3. The zero-order valence-corrected chi connectivity index (χ0v) is 14.7. The maximum atomic E-state index is 12.0. The summed E-state index contributed by atoms with van der Waals surface area (Å²) in [5.41, 5.74) is -0.967. The van der Waals surface area contributed by atoms with Gasteiger partial charge in [0.15, 0.2) is 0 Å². The Morgan fingerprint density at radius 3 is 2.92 bits per heavy atom. The van der Waals surface area contributed by atoms with E-state index in [-0.39, 0.29) is 18.9 Å². The van der Waals surface area contributed by atoms with Gasteiger partial charge in [-0.25, -0.2) is 4.98 Å². The summed E-state index contributed by atoms with van der Waals surface area (Å²) in [6, 6.07) is 9.38. The number of anilines is 1. The standard InChI is InChI=1S/C19H24N4O3/c24-18(7-12-26-16-5-2-1-3-6-16)22-14-19(25)8-4-11-23(15-19)17-13-20-9-10-21-17/h1-3,5-6,9-10,13,25H,4,7-8,11-12,14-15H2,(H,22,24). The maximum Gasteiger partial charge on any atom is 0.223 e. The predicted octanol–water partition coefficient (Wildman–Crippen LogP) is 1.39. The van der Waals surface area contributed by atoms with Crippen LogP contribution in [0.15, 0.2) is 48.9 Å². The SMILES string of the molecule is O=C(CCOc1ccccc1)NCC1(O)CCCN(c2cnccn2)C1. The van der Waals surface area contributed by atoms with Crippen molar-refractivity contribution in [1.82, 2.24) is 15.3 Å². The molecule has 1 aromatic heterocycles. The van der Waals surface area contributed by atoms with Crippen molar-refractivity contribution in [1.29, 1.82) is 0 Å². The van der Waals surface area contributed by atoms with Crippen LogP contribution in [0, 0.1) is 0 Å². The van der Waals surface area contributed by atoms with E-state index >= 15 is 0 Å². The van der Waals surface area contributed by atoms with Crippen molar-refractivity contribution in [2.24, 2.45) is 0 Å². The summed E-state index contributed by atoms with van der Waals surface area (Å²) in [5.74, 6) is 1.35. The Hall–Kier alpha value is -2.67. The number of rotatable bonds is 7. The molecule has 0 saturated carbocycles. The Morgan fingerprint density at radius 1 is 1.31 bits per heavy atom. The molecule has 1 saturated heterocycles. The summed E-state index contributed by atoms with van der Waals surface area (Å²) in [6.07, 6.45) is 6.67. The molecule has 2 aromatic rings. The van der Waals surface area contributed by atoms with E-state index in [9.17, 15) is 9.90 Å². The highest BCUT2D eigenvalue weighted by Gasteiger charge is 2.34. The highest BCUT2D eigenvalue weighted by molar-refractivity contribution is 5.76. The summed E-state index contributed by atoms with van der Waals surface area (Å²) in [6.45, 7) is 1.76. The maximum absolute atomic E-state index is 12.0. The molecule has 7 nitrogen and oxygen atoms in total. The van der Waals surface area contributed by atoms with E-state index < -0.39 is 5.60 Å². The third-order valence-electron chi connectivity index (χ3n) is 4.38. The topological polar surface area (TPSA) is 87.6 Å². The highest BCUT2D eigenvalue weighted by Crippen LogP contribution is 2.23. The van der Waals surface area contributed by atoms with Crippen LogP contribution in [0.5, 0.6) is 5.75 Å². The summed E-state index contributed by atoms with van der Waals surface area (Å²) >= 11 is 0.